The van der Waals surface area contributed by atoms with Crippen LogP contribution in [0.4, 0.5) is 0 Å². The Hall–Kier alpha value is -1.28. The van der Waals surface area contributed by atoms with Gasteiger partial charge in [0.1, 0.15) is 0 Å². The van der Waals surface area contributed by atoms with Crippen molar-refractivity contribution >= 4 is 17.2 Å². The third-order valence-electron chi connectivity index (χ3n) is 0.824. The van der Waals surface area contributed by atoms with Gasteiger partial charge in [0.05, 0.1) is 6.20 Å². The van der Waals surface area contributed by atoms with Gasteiger partial charge >= 0.3 is 0 Å². The Kier molecular flexibility index (Phi) is 2.28. The van der Waals surface area contributed by atoms with Gasteiger partial charge in [-0.15, -0.1) is 0 Å². The lowest BCUT2D eigenvalue weighted by Gasteiger charge is -2.03. The van der Waals surface area contributed by atoms with Gasteiger partial charge in [-0.25, -0.2) is 0 Å². The number of nitrogens with one attached hydrogen (secondary N) is 2. The van der Waals surface area contributed by atoms with E-state index in [0.29, 0.717) is 0 Å². The summed E-state index contributed by atoms with van der Waals surface area (Å²) >= 11 is -2.61. The fourth-order valence-electron chi connectivity index (χ4n) is 0.439. The van der Waals surface area contributed by atoms with Crippen LogP contribution in [-0.4, -0.2) is 30.1 Å². The van der Waals surface area contributed by atoms with Crippen molar-refractivity contribution in [2.75, 3.05) is 0 Å². The number of H-pyrrole nitrogens is 1. The lowest BCUT2D eigenvalue weighted by atomic mass is 10.5. The summed E-state index contributed by atoms with van der Waals surface area (Å²) in [6.07, 6.45) is 1.11. The number of carbonyl (C=O) groups is 1. The van der Waals surface area contributed by atoms with Gasteiger partial charge < -0.3 is 4.55 Å². The van der Waals surface area contributed by atoms with Crippen molar-refractivity contribution in [3.05, 3.63) is 11.9 Å². The predicted octanol–water partition coefficient (Wildman–Crippen LogP) is -1.67. The lowest BCUT2D eigenvalue weighted by Crippen LogP contribution is -2.25. The van der Waals surface area contributed by atoms with Crippen LogP contribution in [0.5, 0.6) is 0 Å². The molecule has 0 bridgehead atoms. The molecule has 7 nitrogen and oxygen atoms in total. The monoisotopic (exact) mass is 175 g/mol. The van der Waals surface area contributed by atoms with Crippen molar-refractivity contribution < 1.29 is 13.6 Å². The van der Waals surface area contributed by atoms with E-state index in [1.54, 1.807) is 4.72 Å². The maximum Gasteiger partial charge on any atom is 0.284 e. The summed E-state index contributed by atoms with van der Waals surface area (Å²) in [6, 6.07) is 0. The standard InChI is InChI=1S/C3H4N4O3S/c8-3(6-11(9)10)2-1-4-7-5-2/h1H,(H,6,8)(H,9,10)(H,4,5,7)/p-1. The highest BCUT2D eigenvalue weighted by molar-refractivity contribution is 7.77. The van der Waals surface area contributed by atoms with Crippen LogP contribution < -0.4 is 4.72 Å². The molecule has 1 unspecified atom stereocenters. The van der Waals surface area contributed by atoms with Crippen molar-refractivity contribution in [1.82, 2.24) is 20.1 Å². The zero-order valence-corrected chi connectivity index (χ0v) is 5.92. The Morgan fingerprint density at radius 2 is 2.55 bits per heavy atom. The number of rotatable bonds is 2. The summed E-state index contributed by atoms with van der Waals surface area (Å²) in [4.78, 5) is 10.7. The van der Waals surface area contributed by atoms with Crippen LogP contribution >= 0.6 is 0 Å². The normalized spacial score (nSPS) is 12.5. The highest BCUT2D eigenvalue weighted by atomic mass is 32.2. The molecular formula is C3H3N4O3S-. The molecule has 1 heterocycles. The minimum Gasteiger partial charge on any atom is -0.755 e. The minimum atomic E-state index is -2.61. The predicted molar refractivity (Wildman–Crippen MR) is 32.8 cm³/mol. The van der Waals surface area contributed by atoms with E-state index in [9.17, 15) is 13.6 Å². The summed E-state index contributed by atoms with van der Waals surface area (Å²) in [5, 5.41) is 8.82. The van der Waals surface area contributed by atoms with E-state index in [0.717, 1.165) is 6.20 Å². The molecule has 0 aromatic carbocycles. The summed E-state index contributed by atoms with van der Waals surface area (Å²) < 4.78 is 21.4. The number of carbonyl (C=O) groups excluding carboxylic acids is 1. The molecule has 0 radical (unpaired) electrons. The van der Waals surface area contributed by atoms with Gasteiger partial charge in [-0.05, 0) is 0 Å². The molecule has 1 aromatic rings. The van der Waals surface area contributed by atoms with Crippen molar-refractivity contribution in [2.24, 2.45) is 0 Å². The molecular weight excluding hydrogens is 172 g/mol. The number of hydrogen-bond donors (Lipinski definition) is 2. The van der Waals surface area contributed by atoms with E-state index in [1.165, 1.54) is 0 Å². The zero-order chi connectivity index (χ0) is 8.27. The SMILES string of the molecule is O=C(NS(=O)[O-])c1cn[nH]n1. The van der Waals surface area contributed by atoms with Gasteiger partial charge in [-0.1, -0.05) is 0 Å². The summed E-state index contributed by atoms with van der Waals surface area (Å²) in [7, 11) is 0. The molecule has 1 rings (SSSR count). The van der Waals surface area contributed by atoms with E-state index in [4.69, 9.17) is 0 Å². The zero-order valence-electron chi connectivity index (χ0n) is 5.10. The molecule has 1 amide bonds. The molecule has 8 heteroatoms. The van der Waals surface area contributed by atoms with Gasteiger partial charge in [0, 0.05) is 11.3 Å². The maximum atomic E-state index is 10.7. The molecule has 0 aliphatic rings. The smallest absolute Gasteiger partial charge is 0.284 e. The molecule has 0 aliphatic heterocycles. The first-order valence-corrected chi connectivity index (χ1v) is 3.53. The second kappa shape index (κ2) is 3.21. The third-order valence-corrected chi connectivity index (χ3v) is 1.18. The highest BCUT2D eigenvalue weighted by Gasteiger charge is 2.06. The van der Waals surface area contributed by atoms with Crippen LogP contribution in [0.15, 0.2) is 6.20 Å². The van der Waals surface area contributed by atoms with E-state index >= 15 is 0 Å². The topological polar surface area (TPSA) is 111 Å². The average Bonchev–Trinajstić information content (AvgIpc) is 2.35. The third kappa shape index (κ3) is 2.09. The van der Waals surface area contributed by atoms with Crippen molar-refractivity contribution in [1.29, 1.82) is 0 Å². The van der Waals surface area contributed by atoms with Gasteiger partial charge in [-0.3, -0.25) is 13.7 Å². The fraction of sp³-hybridized carbons (Fsp3) is 0. The average molecular weight is 175 g/mol. The highest BCUT2D eigenvalue weighted by Crippen LogP contribution is 1.87. The maximum absolute atomic E-state index is 10.7. The van der Waals surface area contributed by atoms with Crippen LogP contribution in [0.1, 0.15) is 10.5 Å². The van der Waals surface area contributed by atoms with Crippen LogP contribution in [0, 0.1) is 0 Å². The molecule has 0 saturated carbocycles. The van der Waals surface area contributed by atoms with Crippen molar-refractivity contribution in [3.63, 3.8) is 0 Å². The Labute approximate surface area is 63.6 Å². The summed E-state index contributed by atoms with van der Waals surface area (Å²) in [5.74, 6) is -0.813. The van der Waals surface area contributed by atoms with E-state index in [2.05, 4.69) is 15.4 Å². The van der Waals surface area contributed by atoms with Crippen LogP contribution in [0.25, 0.3) is 0 Å². The molecule has 0 spiro atoms. The Morgan fingerprint density at radius 3 is 3.00 bits per heavy atom. The Bertz CT molecular complexity index is 270. The second-order valence-corrected chi connectivity index (χ2v) is 2.19. The van der Waals surface area contributed by atoms with Gasteiger partial charge in [0.25, 0.3) is 5.91 Å². The Morgan fingerprint density at radius 1 is 1.82 bits per heavy atom. The first-order chi connectivity index (χ1) is 5.20. The van der Waals surface area contributed by atoms with Gasteiger partial charge in [0.15, 0.2) is 5.69 Å². The number of aromatic amines is 1. The largest absolute Gasteiger partial charge is 0.755 e. The molecule has 0 saturated heterocycles. The molecule has 2 N–H and O–H groups in total. The molecule has 1 atom stereocenters. The number of amides is 1. The first kappa shape index (κ1) is 7.82. The second-order valence-electron chi connectivity index (χ2n) is 1.52. The molecule has 0 aliphatic carbocycles. The van der Waals surface area contributed by atoms with Gasteiger partial charge in [0.2, 0.25) is 0 Å². The molecule has 1 aromatic heterocycles. The van der Waals surface area contributed by atoms with E-state index in [-0.39, 0.29) is 5.69 Å². The summed E-state index contributed by atoms with van der Waals surface area (Å²) in [5.41, 5.74) is -0.0748. The number of hydrogen-bond acceptors (Lipinski definition) is 5. The van der Waals surface area contributed by atoms with Crippen molar-refractivity contribution in [3.8, 4) is 0 Å². The molecule has 11 heavy (non-hydrogen) atoms. The molecule has 60 valence electrons. The number of nitrogens with zero attached hydrogens (tertiary/aromatic N) is 2. The van der Waals surface area contributed by atoms with E-state index < -0.39 is 17.2 Å². The quantitative estimate of drug-likeness (QED) is 0.522. The van der Waals surface area contributed by atoms with Crippen LogP contribution in [0.3, 0.4) is 0 Å². The first-order valence-electron chi connectivity index (χ1n) is 2.46. The van der Waals surface area contributed by atoms with Crippen LogP contribution in [0.2, 0.25) is 0 Å². The van der Waals surface area contributed by atoms with Crippen molar-refractivity contribution in [2.45, 2.75) is 0 Å². The molecule has 0 fully saturated rings. The summed E-state index contributed by atoms with van der Waals surface area (Å²) in [6.45, 7) is 0. The van der Waals surface area contributed by atoms with E-state index in [1.807, 2.05) is 0 Å². The Balaban J connectivity index is 2.64. The fourth-order valence-corrected chi connectivity index (χ4v) is 0.695. The minimum absolute atomic E-state index is 0.0748. The van der Waals surface area contributed by atoms with Gasteiger partial charge in [-0.2, -0.15) is 15.4 Å². The van der Waals surface area contributed by atoms with Crippen LogP contribution in [-0.2, 0) is 11.3 Å². The lowest BCUT2D eigenvalue weighted by molar-refractivity contribution is 0.0976. The number of aromatic nitrogens is 3.